The quantitative estimate of drug-likeness (QED) is 0.398. The second-order valence-electron chi connectivity index (χ2n) is 6.79. The molecule has 7 heteroatoms. The molecule has 0 aliphatic carbocycles. The standard InChI is InChI=1S/C23H21N5O2/c1-28-15-20(17-9-11-24-12-10-17)21(27-28)14-25-26-23(29)22(30-2)19-8-7-16-5-3-4-6-18(16)13-19/h3-15,22H,1-2H3,(H,26,29). The third kappa shape index (κ3) is 4.11. The number of amides is 1. The molecule has 7 nitrogen and oxygen atoms in total. The summed E-state index contributed by atoms with van der Waals surface area (Å²) in [4.78, 5) is 16.7. The summed E-state index contributed by atoms with van der Waals surface area (Å²) in [6.07, 6.45) is 6.09. The molecule has 0 spiro atoms. The molecular formula is C23H21N5O2. The molecule has 4 aromatic rings. The highest BCUT2D eigenvalue weighted by atomic mass is 16.5. The van der Waals surface area contributed by atoms with Crippen LogP contribution in [0.5, 0.6) is 0 Å². The highest BCUT2D eigenvalue weighted by Gasteiger charge is 2.20. The fraction of sp³-hybridized carbons (Fsp3) is 0.130. The molecule has 0 bridgehead atoms. The van der Waals surface area contributed by atoms with Gasteiger partial charge in [0, 0.05) is 38.3 Å². The van der Waals surface area contributed by atoms with Crippen molar-refractivity contribution >= 4 is 22.9 Å². The maximum atomic E-state index is 12.7. The molecule has 0 aliphatic heterocycles. The van der Waals surface area contributed by atoms with Crippen molar-refractivity contribution in [3.63, 3.8) is 0 Å². The zero-order valence-corrected chi connectivity index (χ0v) is 16.7. The van der Waals surface area contributed by atoms with Gasteiger partial charge in [-0.25, -0.2) is 5.43 Å². The molecule has 0 radical (unpaired) electrons. The first-order valence-electron chi connectivity index (χ1n) is 9.44. The van der Waals surface area contributed by atoms with Gasteiger partial charge < -0.3 is 4.74 Å². The van der Waals surface area contributed by atoms with Crippen LogP contribution in [0.3, 0.4) is 0 Å². The summed E-state index contributed by atoms with van der Waals surface area (Å²) >= 11 is 0. The third-order valence-corrected chi connectivity index (χ3v) is 4.76. The lowest BCUT2D eigenvalue weighted by Gasteiger charge is -2.14. The van der Waals surface area contributed by atoms with Gasteiger partial charge in [0.15, 0.2) is 6.10 Å². The summed E-state index contributed by atoms with van der Waals surface area (Å²) in [6, 6.07) is 17.6. The Hall–Kier alpha value is -3.84. The number of carbonyl (C=O) groups is 1. The molecule has 1 N–H and O–H groups in total. The summed E-state index contributed by atoms with van der Waals surface area (Å²) in [5, 5.41) is 10.7. The molecule has 1 unspecified atom stereocenters. The Bertz CT molecular complexity index is 1200. The van der Waals surface area contributed by atoms with Gasteiger partial charge in [-0.1, -0.05) is 36.4 Å². The van der Waals surface area contributed by atoms with Gasteiger partial charge in [-0.3, -0.25) is 14.5 Å². The van der Waals surface area contributed by atoms with Crippen LogP contribution >= 0.6 is 0 Å². The number of hydrazone groups is 1. The van der Waals surface area contributed by atoms with Crippen molar-refractivity contribution in [2.24, 2.45) is 12.1 Å². The second-order valence-corrected chi connectivity index (χ2v) is 6.79. The number of nitrogens with zero attached hydrogens (tertiary/aromatic N) is 4. The number of ether oxygens (including phenoxy) is 1. The Kier molecular flexibility index (Phi) is 5.63. The van der Waals surface area contributed by atoms with E-state index in [0.29, 0.717) is 5.69 Å². The van der Waals surface area contributed by atoms with Gasteiger partial charge in [0.2, 0.25) is 0 Å². The normalized spacial score (nSPS) is 12.3. The number of carbonyl (C=O) groups excluding carboxylic acids is 1. The van der Waals surface area contributed by atoms with Crippen LogP contribution < -0.4 is 5.43 Å². The van der Waals surface area contributed by atoms with Crippen LogP contribution in [0.2, 0.25) is 0 Å². The summed E-state index contributed by atoms with van der Waals surface area (Å²) < 4.78 is 7.13. The Labute approximate surface area is 174 Å². The van der Waals surface area contributed by atoms with Crippen molar-refractivity contribution in [2.75, 3.05) is 7.11 Å². The van der Waals surface area contributed by atoms with Crippen LogP contribution in [0.4, 0.5) is 0 Å². The molecule has 4 rings (SSSR count). The van der Waals surface area contributed by atoms with Crippen molar-refractivity contribution in [3.05, 3.63) is 84.4 Å². The molecule has 0 saturated heterocycles. The van der Waals surface area contributed by atoms with Gasteiger partial charge in [0.1, 0.15) is 5.69 Å². The molecule has 1 atom stereocenters. The molecule has 30 heavy (non-hydrogen) atoms. The minimum absolute atomic E-state index is 0.356. The highest BCUT2D eigenvalue weighted by Crippen LogP contribution is 2.23. The Morgan fingerprint density at radius 1 is 1.13 bits per heavy atom. The number of benzene rings is 2. The molecule has 2 aromatic carbocycles. The maximum Gasteiger partial charge on any atom is 0.273 e. The number of nitrogens with one attached hydrogen (secondary N) is 1. The number of hydrogen-bond acceptors (Lipinski definition) is 5. The van der Waals surface area contributed by atoms with E-state index in [1.807, 2.05) is 67.8 Å². The van der Waals surface area contributed by atoms with Gasteiger partial charge in [-0.2, -0.15) is 10.2 Å². The average Bonchev–Trinajstić information content (AvgIpc) is 3.15. The smallest absolute Gasteiger partial charge is 0.273 e. The molecular weight excluding hydrogens is 378 g/mol. The lowest BCUT2D eigenvalue weighted by molar-refractivity contribution is -0.131. The third-order valence-electron chi connectivity index (χ3n) is 4.76. The summed E-state index contributed by atoms with van der Waals surface area (Å²) in [7, 11) is 3.34. The summed E-state index contributed by atoms with van der Waals surface area (Å²) in [6.45, 7) is 0. The molecule has 150 valence electrons. The number of rotatable bonds is 6. The zero-order valence-electron chi connectivity index (χ0n) is 16.7. The van der Waals surface area contributed by atoms with E-state index in [0.717, 1.165) is 27.5 Å². The molecule has 2 aromatic heterocycles. The van der Waals surface area contributed by atoms with Crippen molar-refractivity contribution < 1.29 is 9.53 Å². The van der Waals surface area contributed by atoms with Crippen LogP contribution in [-0.4, -0.2) is 34.0 Å². The Balaban J connectivity index is 1.51. The van der Waals surface area contributed by atoms with Crippen LogP contribution in [-0.2, 0) is 16.6 Å². The van der Waals surface area contributed by atoms with Crippen molar-refractivity contribution in [2.45, 2.75) is 6.10 Å². The van der Waals surface area contributed by atoms with E-state index in [1.54, 1.807) is 17.1 Å². The average molecular weight is 399 g/mol. The number of aryl methyl sites for hydroxylation is 1. The zero-order chi connectivity index (χ0) is 20.9. The highest BCUT2D eigenvalue weighted by molar-refractivity contribution is 5.90. The molecule has 0 aliphatic rings. The number of hydrogen-bond donors (Lipinski definition) is 1. The van der Waals surface area contributed by atoms with Crippen LogP contribution in [0.15, 0.2) is 78.3 Å². The first kappa shape index (κ1) is 19.5. The van der Waals surface area contributed by atoms with Crippen molar-refractivity contribution in [1.29, 1.82) is 0 Å². The van der Waals surface area contributed by atoms with Gasteiger partial charge in [-0.05, 0) is 40.1 Å². The molecule has 2 heterocycles. The minimum atomic E-state index is -0.768. The van der Waals surface area contributed by atoms with Gasteiger partial charge in [0.25, 0.3) is 5.91 Å². The van der Waals surface area contributed by atoms with E-state index < -0.39 is 6.10 Å². The maximum absolute atomic E-state index is 12.7. The lowest BCUT2D eigenvalue weighted by atomic mass is 10.0. The SMILES string of the molecule is COC(C(=O)NN=Cc1nn(C)cc1-c1ccncc1)c1ccc2ccccc2c1. The Morgan fingerprint density at radius 2 is 1.90 bits per heavy atom. The largest absolute Gasteiger partial charge is 0.367 e. The number of pyridine rings is 1. The first-order valence-corrected chi connectivity index (χ1v) is 9.44. The summed E-state index contributed by atoms with van der Waals surface area (Å²) in [5.74, 6) is -0.356. The molecule has 0 saturated carbocycles. The van der Waals surface area contributed by atoms with Crippen molar-refractivity contribution in [3.8, 4) is 11.1 Å². The second kappa shape index (κ2) is 8.67. The fourth-order valence-corrected chi connectivity index (χ4v) is 3.34. The van der Waals surface area contributed by atoms with Gasteiger partial charge in [0.05, 0.1) is 6.21 Å². The predicted octanol–water partition coefficient (Wildman–Crippen LogP) is 3.47. The van der Waals surface area contributed by atoms with E-state index in [1.165, 1.54) is 13.3 Å². The number of fused-ring (bicyclic) bond motifs is 1. The first-order chi connectivity index (χ1) is 14.7. The van der Waals surface area contributed by atoms with Crippen LogP contribution in [0, 0.1) is 0 Å². The van der Waals surface area contributed by atoms with Crippen LogP contribution in [0.25, 0.3) is 21.9 Å². The van der Waals surface area contributed by atoms with E-state index in [-0.39, 0.29) is 5.91 Å². The van der Waals surface area contributed by atoms with Gasteiger partial charge >= 0.3 is 0 Å². The Morgan fingerprint density at radius 3 is 2.67 bits per heavy atom. The van der Waals surface area contributed by atoms with E-state index in [4.69, 9.17) is 4.74 Å². The summed E-state index contributed by atoms with van der Waals surface area (Å²) in [5.41, 5.74) is 5.83. The number of methoxy groups -OCH3 is 1. The van der Waals surface area contributed by atoms with Crippen molar-refractivity contribution in [1.82, 2.24) is 20.2 Å². The monoisotopic (exact) mass is 399 g/mol. The van der Waals surface area contributed by atoms with E-state index in [9.17, 15) is 4.79 Å². The lowest BCUT2D eigenvalue weighted by Crippen LogP contribution is -2.26. The number of aromatic nitrogens is 3. The molecule has 0 fully saturated rings. The topological polar surface area (TPSA) is 81.4 Å². The minimum Gasteiger partial charge on any atom is -0.367 e. The van der Waals surface area contributed by atoms with E-state index in [2.05, 4.69) is 20.6 Å². The van der Waals surface area contributed by atoms with Gasteiger partial charge in [-0.15, -0.1) is 0 Å². The molecule has 1 amide bonds. The fourth-order valence-electron chi connectivity index (χ4n) is 3.34. The van der Waals surface area contributed by atoms with E-state index >= 15 is 0 Å². The predicted molar refractivity (Wildman–Crippen MR) is 116 cm³/mol. The van der Waals surface area contributed by atoms with Crippen LogP contribution in [0.1, 0.15) is 17.4 Å².